The summed E-state index contributed by atoms with van der Waals surface area (Å²) in [4.78, 5) is 26.5. The molecule has 4 nitrogen and oxygen atoms in total. The van der Waals surface area contributed by atoms with Crippen molar-refractivity contribution in [3.05, 3.63) is 35.9 Å². The smallest absolute Gasteiger partial charge is 0.253 e. The lowest BCUT2D eigenvalue weighted by Crippen LogP contribution is -2.51. The first-order chi connectivity index (χ1) is 10.6. The van der Waals surface area contributed by atoms with E-state index in [0.29, 0.717) is 12.1 Å². The summed E-state index contributed by atoms with van der Waals surface area (Å²) in [6.45, 7) is 1.29. The van der Waals surface area contributed by atoms with Crippen LogP contribution in [0.1, 0.15) is 36.0 Å². The Morgan fingerprint density at radius 1 is 1.27 bits per heavy atom. The van der Waals surface area contributed by atoms with Gasteiger partial charge in [0.05, 0.1) is 0 Å². The van der Waals surface area contributed by atoms with E-state index >= 15 is 0 Å². The van der Waals surface area contributed by atoms with Gasteiger partial charge in [-0.05, 0) is 37.8 Å². The van der Waals surface area contributed by atoms with Crippen LogP contribution in [0.5, 0.6) is 0 Å². The molecule has 114 valence electrons. The van der Waals surface area contributed by atoms with Crippen LogP contribution in [0.15, 0.2) is 30.3 Å². The molecule has 1 saturated carbocycles. The van der Waals surface area contributed by atoms with Crippen molar-refractivity contribution in [2.75, 3.05) is 13.1 Å². The number of carbonyl (C=O) groups is 2. The van der Waals surface area contributed by atoms with Gasteiger partial charge in [-0.2, -0.15) is 0 Å². The first-order valence-corrected chi connectivity index (χ1v) is 7.78. The molecule has 1 aromatic rings. The normalized spacial score (nSPS) is 22.5. The van der Waals surface area contributed by atoms with E-state index in [1.807, 2.05) is 35.2 Å². The van der Waals surface area contributed by atoms with Crippen molar-refractivity contribution in [2.24, 2.45) is 5.41 Å². The molecule has 2 aliphatic rings. The highest BCUT2D eigenvalue weighted by Crippen LogP contribution is 2.45. The minimum Gasteiger partial charge on any atom is -0.350 e. The van der Waals surface area contributed by atoms with Crippen LogP contribution < -0.4 is 5.32 Å². The van der Waals surface area contributed by atoms with E-state index in [4.69, 9.17) is 6.42 Å². The van der Waals surface area contributed by atoms with Gasteiger partial charge in [-0.3, -0.25) is 9.59 Å². The van der Waals surface area contributed by atoms with Gasteiger partial charge >= 0.3 is 0 Å². The van der Waals surface area contributed by atoms with Gasteiger partial charge in [-0.15, -0.1) is 6.42 Å². The Hall–Kier alpha value is -2.28. The van der Waals surface area contributed by atoms with Crippen LogP contribution in [0.3, 0.4) is 0 Å². The zero-order valence-electron chi connectivity index (χ0n) is 12.5. The molecular weight excluding hydrogens is 276 g/mol. The molecule has 1 saturated heterocycles. The molecule has 1 atom stereocenters. The maximum atomic E-state index is 12.5. The van der Waals surface area contributed by atoms with E-state index in [1.54, 1.807) is 0 Å². The number of amides is 2. The summed E-state index contributed by atoms with van der Waals surface area (Å²) in [5.74, 6) is 2.59. The van der Waals surface area contributed by atoms with E-state index < -0.39 is 5.41 Å². The molecule has 4 heteroatoms. The molecule has 1 N–H and O–H groups in total. The molecule has 22 heavy (non-hydrogen) atoms. The van der Waals surface area contributed by atoms with Gasteiger partial charge in [0.2, 0.25) is 5.91 Å². The summed E-state index contributed by atoms with van der Waals surface area (Å²) in [5, 5.41) is 3.03. The molecule has 1 aliphatic heterocycles. The molecule has 0 aromatic heterocycles. The van der Waals surface area contributed by atoms with E-state index in [2.05, 4.69) is 11.2 Å². The maximum Gasteiger partial charge on any atom is 0.253 e. The number of terminal acetylenes is 1. The fourth-order valence-electron chi connectivity index (χ4n) is 2.93. The van der Waals surface area contributed by atoms with Crippen LogP contribution in [0.4, 0.5) is 0 Å². The minimum atomic E-state index is -0.578. The Morgan fingerprint density at radius 3 is 2.64 bits per heavy atom. The number of carbonyl (C=O) groups excluding carboxylic acids is 2. The summed E-state index contributed by atoms with van der Waals surface area (Å²) < 4.78 is 0. The lowest BCUT2D eigenvalue weighted by molar-refractivity contribution is -0.125. The summed E-state index contributed by atoms with van der Waals surface area (Å²) in [6.07, 6.45) is 8.79. The van der Waals surface area contributed by atoms with Crippen LogP contribution >= 0.6 is 0 Å². The second-order valence-electron chi connectivity index (χ2n) is 6.16. The molecular formula is C18H20N2O2. The van der Waals surface area contributed by atoms with Crippen molar-refractivity contribution in [3.8, 4) is 12.3 Å². The van der Waals surface area contributed by atoms with E-state index in [1.165, 1.54) is 0 Å². The van der Waals surface area contributed by atoms with Gasteiger partial charge in [0.15, 0.2) is 0 Å². The number of nitrogens with zero attached hydrogens (tertiary/aromatic N) is 1. The molecule has 0 radical (unpaired) electrons. The third kappa shape index (κ3) is 2.85. The third-order valence-electron chi connectivity index (χ3n) is 4.53. The van der Waals surface area contributed by atoms with Crippen molar-refractivity contribution in [1.29, 1.82) is 0 Å². The van der Waals surface area contributed by atoms with E-state index in [0.717, 1.165) is 32.2 Å². The van der Waals surface area contributed by atoms with Crippen molar-refractivity contribution in [3.63, 3.8) is 0 Å². The number of hydrogen-bond donors (Lipinski definition) is 1. The lowest BCUT2D eigenvalue weighted by Gasteiger charge is -2.33. The predicted octanol–water partition coefficient (Wildman–Crippen LogP) is 1.82. The highest BCUT2D eigenvalue weighted by atomic mass is 16.2. The Balaban J connectivity index is 1.61. The van der Waals surface area contributed by atoms with Crippen LogP contribution in [0, 0.1) is 17.8 Å². The molecule has 2 amide bonds. The standard InChI is InChI=1S/C18H20N2O2/c1-2-18(10-11-18)17(22)19-15-9-6-12-20(13-15)16(21)14-7-4-3-5-8-14/h1,3-5,7-8,15H,6,9-13H2,(H,19,22). The van der Waals surface area contributed by atoms with Gasteiger partial charge in [-0.25, -0.2) is 0 Å². The maximum absolute atomic E-state index is 12.5. The molecule has 3 rings (SSSR count). The van der Waals surface area contributed by atoms with E-state index in [-0.39, 0.29) is 17.9 Å². The molecule has 0 bridgehead atoms. The third-order valence-corrected chi connectivity index (χ3v) is 4.53. The number of rotatable bonds is 3. The van der Waals surface area contributed by atoms with Crippen molar-refractivity contribution in [2.45, 2.75) is 31.7 Å². The Labute approximate surface area is 130 Å². The summed E-state index contributed by atoms with van der Waals surface area (Å²) >= 11 is 0. The van der Waals surface area contributed by atoms with Gasteiger partial charge < -0.3 is 10.2 Å². The second-order valence-corrected chi connectivity index (χ2v) is 6.16. The SMILES string of the molecule is C#CC1(C(=O)NC2CCCN(C(=O)c3ccccc3)C2)CC1. The average molecular weight is 296 g/mol. The second kappa shape index (κ2) is 5.84. The molecule has 1 heterocycles. The first-order valence-electron chi connectivity index (χ1n) is 7.78. The van der Waals surface area contributed by atoms with Gasteiger partial charge in [0.1, 0.15) is 5.41 Å². The number of hydrogen-bond acceptors (Lipinski definition) is 2. The Bertz CT molecular complexity index is 614. The van der Waals surface area contributed by atoms with Gasteiger partial charge in [0.25, 0.3) is 5.91 Å². The Kier molecular flexibility index (Phi) is 3.89. The van der Waals surface area contributed by atoms with Crippen molar-refractivity contribution >= 4 is 11.8 Å². The van der Waals surface area contributed by atoms with Crippen LogP contribution in [-0.4, -0.2) is 35.8 Å². The number of benzene rings is 1. The molecule has 1 aromatic carbocycles. The topological polar surface area (TPSA) is 49.4 Å². The number of piperidine rings is 1. The number of likely N-dealkylation sites (tertiary alicyclic amines) is 1. The molecule has 1 unspecified atom stereocenters. The zero-order chi connectivity index (χ0) is 15.6. The minimum absolute atomic E-state index is 0.000243. The molecule has 1 aliphatic carbocycles. The predicted molar refractivity (Wildman–Crippen MR) is 84.0 cm³/mol. The fourth-order valence-corrected chi connectivity index (χ4v) is 2.93. The van der Waals surface area contributed by atoms with Crippen molar-refractivity contribution < 1.29 is 9.59 Å². The van der Waals surface area contributed by atoms with Crippen LogP contribution in [0.2, 0.25) is 0 Å². The zero-order valence-corrected chi connectivity index (χ0v) is 12.5. The lowest BCUT2D eigenvalue weighted by atomic mass is 10.0. The number of nitrogens with one attached hydrogen (secondary N) is 1. The monoisotopic (exact) mass is 296 g/mol. The fraction of sp³-hybridized carbons (Fsp3) is 0.444. The average Bonchev–Trinajstić information content (AvgIpc) is 3.36. The van der Waals surface area contributed by atoms with Crippen molar-refractivity contribution in [1.82, 2.24) is 10.2 Å². The molecule has 0 spiro atoms. The summed E-state index contributed by atoms with van der Waals surface area (Å²) in [6, 6.07) is 9.26. The van der Waals surface area contributed by atoms with Gasteiger partial charge in [0, 0.05) is 24.7 Å². The molecule has 2 fully saturated rings. The highest BCUT2D eigenvalue weighted by Gasteiger charge is 2.49. The summed E-state index contributed by atoms with van der Waals surface area (Å²) in [5.41, 5.74) is 0.114. The Morgan fingerprint density at radius 2 is 2.00 bits per heavy atom. The van der Waals surface area contributed by atoms with Crippen LogP contribution in [0.25, 0.3) is 0 Å². The highest BCUT2D eigenvalue weighted by molar-refractivity contribution is 5.94. The summed E-state index contributed by atoms with van der Waals surface area (Å²) in [7, 11) is 0. The van der Waals surface area contributed by atoms with E-state index in [9.17, 15) is 9.59 Å². The van der Waals surface area contributed by atoms with Crippen LogP contribution in [-0.2, 0) is 4.79 Å². The van der Waals surface area contributed by atoms with Gasteiger partial charge in [-0.1, -0.05) is 24.1 Å². The first kappa shape index (κ1) is 14.6. The quantitative estimate of drug-likeness (QED) is 0.865. The largest absolute Gasteiger partial charge is 0.350 e.